The van der Waals surface area contributed by atoms with Crippen molar-refractivity contribution in [3.05, 3.63) is 131 Å². The first-order valence-electron chi connectivity index (χ1n) is 20.0. The van der Waals surface area contributed by atoms with Crippen LogP contribution in [0.25, 0.3) is 28.0 Å². The Balaban J connectivity index is 1.23. The van der Waals surface area contributed by atoms with E-state index in [0.717, 1.165) is 58.4 Å². The number of ether oxygens (including phenoxy) is 5. The van der Waals surface area contributed by atoms with E-state index in [1.807, 2.05) is 36.0 Å². The molecule has 1 atom stereocenters. The Morgan fingerprint density at radius 1 is 0.875 bits per heavy atom. The lowest BCUT2D eigenvalue weighted by atomic mass is 9.58. The molecule has 1 unspecified atom stereocenters. The first kappa shape index (κ1) is 36.5. The van der Waals surface area contributed by atoms with E-state index in [-0.39, 0.29) is 18.6 Å². The monoisotopic (exact) mass is 764 g/mol. The zero-order chi connectivity index (χ0) is 38.5. The number of esters is 1. The van der Waals surface area contributed by atoms with Crippen molar-refractivity contribution in [3.8, 4) is 34.1 Å². The molecule has 7 heteroatoms. The molecule has 0 aromatic heterocycles. The minimum atomic E-state index is -0.964. The summed E-state index contributed by atoms with van der Waals surface area (Å²) in [6.45, 7) is 9.27. The summed E-state index contributed by atoms with van der Waals surface area (Å²) in [5.74, 6) is 3.72. The number of carbonyl (C=O) groups is 1. The Morgan fingerprint density at radius 3 is 2.29 bits per heavy atom. The van der Waals surface area contributed by atoms with Crippen molar-refractivity contribution >= 4 is 34.6 Å². The molecule has 1 fully saturated rings. The van der Waals surface area contributed by atoms with Gasteiger partial charge in [0.2, 0.25) is 0 Å². The van der Waals surface area contributed by atoms with Crippen molar-refractivity contribution in [2.24, 2.45) is 5.41 Å². The summed E-state index contributed by atoms with van der Waals surface area (Å²) in [4.78, 5) is 12.7. The van der Waals surface area contributed by atoms with Gasteiger partial charge in [-0.3, -0.25) is 0 Å². The predicted octanol–water partition coefficient (Wildman–Crippen LogP) is 11.4. The number of benzene rings is 5. The Bertz CT molecular complexity index is 2350. The van der Waals surface area contributed by atoms with Gasteiger partial charge in [-0.2, -0.15) is 0 Å². The second-order valence-corrected chi connectivity index (χ2v) is 16.6. The highest BCUT2D eigenvalue weighted by atomic mass is 32.2. The molecule has 0 bridgehead atoms. The standard InChI is InChI=1S/C49H48O6S/c1-5-43(50)54-27-26-52-35-18-14-33(15-19-35)49(32-12-16-34(51-4)17-13-32)21-20-37-45-44(38-31-42-41(53-28-29-56-42)30-39(38)46(37)55-49)36-10-8-9-11-40(36)48(45)24-22-47(6-2,7-3)23-25-48/h5,8-21,30-31H,1,6-7,22-29H2,2-4H3. The lowest BCUT2D eigenvalue weighted by molar-refractivity contribution is -0.138. The van der Waals surface area contributed by atoms with E-state index >= 15 is 0 Å². The van der Waals surface area contributed by atoms with E-state index in [4.69, 9.17) is 23.7 Å². The predicted molar refractivity (Wildman–Crippen MR) is 224 cm³/mol. The van der Waals surface area contributed by atoms with Gasteiger partial charge in [-0.05, 0) is 101 Å². The average Bonchev–Trinajstić information content (AvgIpc) is 3.54. The van der Waals surface area contributed by atoms with Crippen LogP contribution in [-0.2, 0) is 20.5 Å². The molecule has 0 radical (unpaired) electrons. The highest BCUT2D eigenvalue weighted by Crippen LogP contribution is 2.65. The van der Waals surface area contributed by atoms with Crippen molar-refractivity contribution in [3.63, 3.8) is 0 Å². The Labute approximate surface area is 333 Å². The number of carbonyl (C=O) groups excluding carboxylic acids is 1. The van der Waals surface area contributed by atoms with Crippen LogP contribution in [0.2, 0.25) is 0 Å². The van der Waals surface area contributed by atoms with Crippen LogP contribution in [0.3, 0.4) is 0 Å². The van der Waals surface area contributed by atoms with Crippen molar-refractivity contribution in [1.82, 2.24) is 0 Å². The van der Waals surface area contributed by atoms with Gasteiger partial charge in [-0.1, -0.05) is 87.9 Å². The lowest BCUT2D eigenvalue weighted by Crippen LogP contribution is -2.38. The van der Waals surface area contributed by atoms with Crippen molar-refractivity contribution in [1.29, 1.82) is 0 Å². The molecule has 2 heterocycles. The van der Waals surface area contributed by atoms with Gasteiger partial charge in [-0.25, -0.2) is 4.79 Å². The number of rotatable bonds is 10. The van der Waals surface area contributed by atoms with Gasteiger partial charge < -0.3 is 23.7 Å². The number of methoxy groups -OCH3 is 1. The lowest BCUT2D eigenvalue weighted by Gasteiger charge is -2.47. The summed E-state index contributed by atoms with van der Waals surface area (Å²) in [7, 11) is 1.69. The summed E-state index contributed by atoms with van der Waals surface area (Å²) in [6, 6.07) is 30.0. The number of hydrogen-bond donors (Lipinski definition) is 0. The Morgan fingerprint density at radius 2 is 1.59 bits per heavy atom. The summed E-state index contributed by atoms with van der Waals surface area (Å²) < 4.78 is 30.7. The topological polar surface area (TPSA) is 63.2 Å². The quantitative estimate of drug-likeness (QED) is 0.0797. The van der Waals surface area contributed by atoms with E-state index in [2.05, 4.69) is 93.2 Å². The second-order valence-electron chi connectivity index (χ2n) is 15.5. The molecule has 2 aliphatic heterocycles. The molecule has 1 spiro atoms. The molecule has 6 nitrogen and oxygen atoms in total. The van der Waals surface area contributed by atoms with Gasteiger partial charge in [0.15, 0.2) is 5.60 Å². The minimum Gasteiger partial charge on any atom is -0.497 e. The van der Waals surface area contributed by atoms with Gasteiger partial charge >= 0.3 is 5.97 Å². The van der Waals surface area contributed by atoms with Gasteiger partial charge in [0.1, 0.15) is 36.2 Å². The molecular formula is C49H48O6S. The van der Waals surface area contributed by atoms with E-state index in [1.165, 1.54) is 63.8 Å². The van der Waals surface area contributed by atoms with E-state index in [1.54, 1.807) is 7.11 Å². The van der Waals surface area contributed by atoms with Crippen LogP contribution in [-0.4, -0.2) is 38.7 Å². The molecule has 9 rings (SSSR count). The number of thioether (sulfide) groups is 1. The van der Waals surface area contributed by atoms with Crippen molar-refractivity contribution in [2.75, 3.05) is 32.7 Å². The summed E-state index contributed by atoms with van der Waals surface area (Å²) in [5, 5.41) is 2.29. The molecular weight excluding hydrogens is 717 g/mol. The highest BCUT2D eigenvalue weighted by molar-refractivity contribution is 7.99. The third-order valence-corrected chi connectivity index (χ3v) is 14.1. The third kappa shape index (κ3) is 5.80. The maximum atomic E-state index is 11.5. The first-order chi connectivity index (χ1) is 27.4. The number of fused-ring (bicyclic) bond motifs is 11. The maximum Gasteiger partial charge on any atom is 0.330 e. The van der Waals surface area contributed by atoms with Gasteiger partial charge in [0.25, 0.3) is 0 Å². The molecule has 5 aromatic rings. The zero-order valence-electron chi connectivity index (χ0n) is 32.5. The molecule has 0 N–H and O–H groups in total. The van der Waals surface area contributed by atoms with Crippen LogP contribution >= 0.6 is 11.8 Å². The highest BCUT2D eigenvalue weighted by Gasteiger charge is 2.51. The second kappa shape index (κ2) is 14.4. The van der Waals surface area contributed by atoms with E-state index in [9.17, 15) is 4.79 Å². The average molecular weight is 765 g/mol. The van der Waals surface area contributed by atoms with Crippen molar-refractivity contribution in [2.45, 2.75) is 68.3 Å². The van der Waals surface area contributed by atoms with Crippen LogP contribution in [0, 0.1) is 5.41 Å². The first-order valence-corrected chi connectivity index (χ1v) is 20.9. The third-order valence-electron chi connectivity index (χ3n) is 13.1. The Hall–Kier alpha value is -5.14. The molecule has 0 amide bonds. The smallest absolute Gasteiger partial charge is 0.330 e. The summed E-state index contributed by atoms with van der Waals surface area (Å²) >= 11 is 1.88. The largest absolute Gasteiger partial charge is 0.497 e. The SMILES string of the molecule is C=CC(=O)OCCOc1ccc(C2(c3ccc(OC)cc3)C=Cc3c4c(c5cc6c(cc5c3O2)OCCS6)-c2ccccc2C42CCC(CC)(CC)CC2)cc1. The van der Waals surface area contributed by atoms with Crippen LogP contribution in [0.15, 0.2) is 109 Å². The van der Waals surface area contributed by atoms with Crippen LogP contribution in [0.5, 0.6) is 23.0 Å². The van der Waals surface area contributed by atoms with Crippen LogP contribution in [0.4, 0.5) is 0 Å². The van der Waals surface area contributed by atoms with Crippen molar-refractivity contribution < 1.29 is 28.5 Å². The zero-order valence-corrected chi connectivity index (χ0v) is 33.3. The molecule has 1 saturated carbocycles. The van der Waals surface area contributed by atoms with E-state index < -0.39 is 11.6 Å². The summed E-state index contributed by atoms with van der Waals surface area (Å²) in [5.41, 5.74) is 8.02. The molecule has 0 saturated heterocycles. The maximum absolute atomic E-state index is 11.5. The van der Waals surface area contributed by atoms with E-state index in [0.29, 0.717) is 17.8 Å². The van der Waals surface area contributed by atoms with Gasteiger partial charge in [0, 0.05) is 39.3 Å². The minimum absolute atomic E-state index is 0.107. The Kier molecular flexibility index (Phi) is 9.40. The molecule has 4 aliphatic rings. The number of hydrogen-bond acceptors (Lipinski definition) is 7. The van der Waals surface area contributed by atoms with Crippen LogP contribution < -0.4 is 18.9 Å². The van der Waals surface area contributed by atoms with Gasteiger partial charge in [-0.15, -0.1) is 11.8 Å². The summed E-state index contributed by atoms with van der Waals surface area (Å²) in [6.07, 6.45) is 12.8. The molecule has 2 aliphatic carbocycles. The fraction of sp³-hybridized carbons (Fsp3) is 0.327. The normalized spacial score (nSPS) is 19.5. The molecule has 286 valence electrons. The van der Waals surface area contributed by atoms with Crippen LogP contribution in [0.1, 0.15) is 80.2 Å². The van der Waals surface area contributed by atoms with Gasteiger partial charge in [0.05, 0.1) is 18.6 Å². The molecule has 5 aromatic carbocycles. The fourth-order valence-corrected chi connectivity index (χ4v) is 10.7. The molecule has 56 heavy (non-hydrogen) atoms. The fourth-order valence-electron chi connectivity index (χ4n) is 9.86.